The van der Waals surface area contributed by atoms with Gasteiger partial charge in [0.1, 0.15) is 13.2 Å². The summed E-state index contributed by atoms with van der Waals surface area (Å²) in [7, 11) is 0. The molecule has 0 aliphatic carbocycles. The number of hydrogen-bond donors (Lipinski definition) is 0. The molecule has 0 amide bonds. The molecule has 0 bridgehead atoms. The van der Waals surface area contributed by atoms with Gasteiger partial charge in [-0.2, -0.15) is 13.2 Å². The Hall–Kier alpha value is 0.960. The van der Waals surface area contributed by atoms with Crippen LogP contribution in [0.4, 0.5) is 43.9 Å². The largest absolute Gasteiger partial charge is 0.460 e. The maximum Gasteiger partial charge on any atom is 0.435 e. The number of halogens is 10. The zero-order valence-corrected chi connectivity index (χ0v) is 16.4. The molecule has 0 saturated carbocycles. The van der Waals surface area contributed by atoms with Gasteiger partial charge in [-0.3, -0.25) is 0 Å². The van der Waals surface area contributed by atoms with Crippen LogP contribution < -0.4 is 0 Å². The molecule has 0 spiro atoms. The van der Waals surface area contributed by atoms with Crippen molar-refractivity contribution in [2.45, 2.75) is 12.5 Å². The Kier molecular flexibility index (Phi) is 26.8. The first-order valence-corrected chi connectivity index (χ1v) is 3.06. The van der Waals surface area contributed by atoms with Crippen molar-refractivity contribution in [2.24, 2.45) is 0 Å². The minimum Gasteiger partial charge on any atom is -0.460 e. The molecule has 0 atom stereocenters. The molecule has 0 aromatic carbocycles. The van der Waals surface area contributed by atoms with Gasteiger partial charge in [0, 0.05) is 51.7 Å². The first kappa shape index (κ1) is 32.8. The molecule has 0 aromatic rings. The summed E-state index contributed by atoms with van der Waals surface area (Å²) in [4.78, 5) is 0. The predicted octanol–water partition coefficient (Wildman–Crippen LogP) is 4.47. The van der Waals surface area contributed by atoms with Crippen LogP contribution >= 0.6 is 0 Å². The Morgan fingerprint density at radius 2 is 0.900 bits per heavy atom. The monoisotopic (exact) mass is 658 g/mol. The summed E-state index contributed by atoms with van der Waals surface area (Å²) in [5.74, 6) is 0. The van der Waals surface area contributed by atoms with Crippen LogP contribution in [0.2, 0.25) is 0 Å². The van der Waals surface area contributed by atoms with E-state index in [4.69, 9.17) is 0 Å². The summed E-state index contributed by atoms with van der Waals surface area (Å²) in [5.41, 5.74) is 0. The van der Waals surface area contributed by atoms with E-state index in [0.717, 1.165) is 0 Å². The van der Waals surface area contributed by atoms with Crippen molar-refractivity contribution >= 4 is 0 Å². The first-order chi connectivity index (χ1) is 7.46. The third kappa shape index (κ3) is 27.3. The molecule has 0 N–H and O–H groups in total. The second-order valence-electron chi connectivity index (χ2n) is 1.77. The smallest absolute Gasteiger partial charge is 0.435 e. The van der Waals surface area contributed by atoms with E-state index in [9.17, 15) is 43.9 Å². The Balaban J connectivity index is -0.0000000951. The average molecular weight is 655 g/mol. The topological polar surface area (TPSA) is 18.5 Å². The van der Waals surface area contributed by atoms with Gasteiger partial charge in [-0.1, -0.05) is 0 Å². The van der Waals surface area contributed by atoms with Gasteiger partial charge in [-0.15, -0.1) is 0 Å². The molecule has 2 nitrogen and oxygen atoms in total. The van der Waals surface area contributed by atoms with Crippen LogP contribution in [0.15, 0.2) is 0 Å². The molecular formula is C6H4F10Hf2O2-4. The van der Waals surface area contributed by atoms with E-state index < -0.39 is 32.4 Å². The van der Waals surface area contributed by atoms with Crippen molar-refractivity contribution in [1.82, 2.24) is 0 Å². The van der Waals surface area contributed by atoms with E-state index in [1.54, 1.807) is 0 Å². The minimum atomic E-state index is -5.47. The van der Waals surface area contributed by atoms with Crippen molar-refractivity contribution in [1.29, 1.82) is 0 Å². The maximum atomic E-state index is 11.5. The van der Waals surface area contributed by atoms with E-state index in [2.05, 4.69) is 9.47 Å². The summed E-state index contributed by atoms with van der Waals surface area (Å²) < 4.78 is 113. The van der Waals surface area contributed by atoms with Gasteiger partial charge in [0.2, 0.25) is 6.29 Å². The molecule has 0 heterocycles. The second kappa shape index (κ2) is 16.3. The van der Waals surface area contributed by atoms with Crippen molar-refractivity contribution < 1.29 is 105 Å². The van der Waals surface area contributed by atoms with Crippen LogP contribution in [0, 0.1) is 27.3 Å². The van der Waals surface area contributed by atoms with Crippen LogP contribution in [0.1, 0.15) is 0 Å². The third-order valence-corrected chi connectivity index (χ3v) is 0.660. The molecule has 0 fully saturated rings. The molecule has 0 aromatic heterocycles. The number of rotatable bonds is 4. The van der Waals surface area contributed by atoms with Gasteiger partial charge in [-0.05, 0) is 0 Å². The molecule has 0 saturated heterocycles. The summed E-state index contributed by atoms with van der Waals surface area (Å²) in [6.07, 6.45) is -9.16. The van der Waals surface area contributed by atoms with Crippen molar-refractivity contribution in [3.05, 3.63) is 27.3 Å². The van der Waals surface area contributed by atoms with Gasteiger partial charge >= 0.3 is 6.18 Å². The second-order valence-corrected chi connectivity index (χ2v) is 1.77. The van der Waals surface area contributed by atoms with E-state index in [-0.39, 0.29) is 59.1 Å². The van der Waals surface area contributed by atoms with E-state index in [0.29, 0.717) is 0 Å². The Morgan fingerprint density at radius 3 is 1.00 bits per heavy atom. The molecule has 0 radical (unpaired) electrons. The predicted molar refractivity (Wildman–Crippen MR) is 35.9 cm³/mol. The number of alkyl halides is 3. The van der Waals surface area contributed by atoms with Gasteiger partial charge < -0.3 is 47.6 Å². The van der Waals surface area contributed by atoms with Gasteiger partial charge in [0.15, 0.2) is 6.68 Å². The molecular weight excluding hydrogens is 651 g/mol. The van der Waals surface area contributed by atoms with Crippen molar-refractivity contribution in [3.8, 4) is 0 Å². The molecule has 14 heteroatoms. The molecule has 122 valence electrons. The fraction of sp³-hybridized carbons (Fsp3) is 0.333. The first-order valence-electron chi connectivity index (χ1n) is 3.06. The van der Waals surface area contributed by atoms with Crippen LogP contribution in [0.25, 0.3) is 0 Å². The summed E-state index contributed by atoms with van der Waals surface area (Å²) in [6.45, 7) is -9.33. The summed E-state index contributed by atoms with van der Waals surface area (Å²) >= 11 is 0. The Labute approximate surface area is 144 Å². The van der Waals surface area contributed by atoms with E-state index >= 15 is 0 Å². The van der Waals surface area contributed by atoms with Crippen LogP contribution in [0.3, 0.4) is 0 Å². The zero-order chi connectivity index (χ0) is 14.2. The minimum absolute atomic E-state index is 0. The zero-order valence-electron chi connectivity index (χ0n) is 9.17. The van der Waals surface area contributed by atoms with E-state index in [1.165, 1.54) is 0 Å². The Morgan fingerprint density at radius 1 is 0.700 bits per heavy atom. The third-order valence-electron chi connectivity index (χ3n) is 0.660. The molecule has 0 aliphatic heterocycles. The van der Waals surface area contributed by atoms with Crippen molar-refractivity contribution in [3.63, 3.8) is 0 Å². The SMILES string of the molecule is F[C-](F)F.F[C-](F)OC(O[C-](F)F)C(F)(F)F.[CH3-].[Hf].[Hf]. The molecule has 0 rings (SSSR count). The maximum absolute atomic E-state index is 11.5. The fourth-order valence-corrected chi connectivity index (χ4v) is 0.320. The van der Waals surface area contributed by atoms with Crippen LogP contribution in [-0.2, 0) is 61.2 Å². The number of ether oxygens (including phenoxy) is 2. The number of hydrogen-bond acceptors (Lipinski definition) is 2. The quantitative estimate of drug-likeness (QED) is 0.193. The Bertz CT molecular complexity index is 178. The van der Waals surface area contributed by atoms with Gasteiger partial charge in [-0.25, -0.2) is 0 Å². The standard InChI is InChI=1S/C4HF7O2.CF3.CH3.2Hf/c5-2(6)12-1(4(9,10)11)13-3(7)8;2-1(3)4;;;/h1H;;1H3;;/q-2;2*-1;;. The molecule has 0 aliphatic rings. The van der Waals surface area contributed by atoms with E-state index in [1.807, 2.05) is 0 Å². The van der Waals surface area contributed by atoms with Crippen LogP contribution in [-0.4, -0.2) is 12.5 Å². The molecule has 0 unspecified atom stereocenters. The normalized spacial score (nSPS) is 10.5. The average Bonchev–Trinajstić information content (AvgIpc) is 1.97. The van der Waals surface area contributed by atoms with Gasteiger partial charge in [0.05, 0.1) is 0 Å². The fourth-order valence-electron chi connectivity index (χ4n) is 0.320. The van der Waals surface area contributed by atoms with Crippen LogP contribution in [0.5, 0.6) is 0 Å². The summed E-state index contributed by atoms with van der Waals surface area (Å²) in [6, 6.07) is 0. The molecule has 20 heavy (non-hydrogen) atoms. The van der Waals surface area contributed by atoms with Crippen molar-refractivity contribution in [2.75, 3.05) is 0 Å². The van der Waals surface area contributed by atoms with Gasteiger partial charge in [0.25, 0.3) is 0 Å². The summed E-state index contributed by atoms with van der Waals surface area (Å²) in [5, 5.41) is 0.